The maximum absolute atomic E-state index is 13.5. The van der Waals surface area contributed by atoms with Crippen LogP contribution >= 0.6 is 35.0 Å². The Morgan fingerprint density at radius 3 is 2.46 bits per heavy atom. The minimum atomic E-state index is -4.01. The number of nitrogens with one attached hydrogen (secondary N) is 1. The van der Waals surface area contributed by atoms with Crippen LogP contribution in [-0.4, -0.2) is 40.3 Å². The summed E-state index contributed by atoms with van der Waals surface area (Å²) >= 11 is 13.6. The van der Waals surface area contributed by atoms with E-state index in [2.05, 4.69) is 5.32 Å². The van der Waals surface area contributed by atoms with E-state index in [4.69, 9.17) is 27.9 Å². The van der Waals surface area contributed by atoms with Crippen molar-refractivity contribution in [2.45, 2.75) is 17.6 Å². The van der Waals surface area contributed by atoms with Gasteiger partial charge in [-0.1, -0.05) is 53.5 Å². The molecule has 35 heavy (non-hydrogen) atoms. The van der Waals surface area contributed by atoms with E-state index in [-0.39, 0.29) is 11.4 Å². The molecule has 0 aromatic heterocycles. The molecule has 0 bridgehead atoms. The topological polar surface area (TPSA) is 75.7 Å². The van der Waals surface area contributed by atoms with Crippen molar-refractivity contribution >= 4 is 56.6 Å². The molecule has 0 fully saturated rings. The number of rotatable bonds is 11. The Hall–Kier alpha value is -2.39. The average molecular weight is 554 g/mol. The van der Waals surface area contributed by atoms with Crippen molar-refractivity contribution in [2.75, 3.05) is 30.3 Å². The Morgan fingerprint density at radius 1 is 1.03 bits per heavy atom. The highest BCUT2D eigenvalue weighted by atomic mass is 35.5. The molecule has 6 nitrogen and oxygen atoms in total. The molecular weight excluding hydrogens is 527 g/mol. The minimum absolute atomic E-state index is 0.0912. The molecule has 0 heterocycles. The van der Waals surface area contributed by atoms with Gasteiger partial charge in [0.25, 0.3) is 10.0 Å². The van der Waals surface area contributed by atoms with E-state index < -0.39 is 15.9 Å². The molecule has 0 atom stereocenters. The van der Waals surface area contributed by atoms with Crippen molar-refractivity contribution in [3.8, 4) is 5.75 Å². The zero-order valence-electron chi connectivity index (χ0n) is 19.3. The molecule has 3 aromatic carbocycles. The monoisotopic (exact) mass is 552 g/mol. The van der Waals surface area contributed by atoms with E-state index in [1.54, 1.807) is 48.2 Å². The van der Waals surface area contributed by atoms with E-state index in [0.29, 0.717) is 39.5 Å². The quantitative estimate of drug-likeness (QED) is 0.315. The molecule has 0 radical (unpaired) electrons. The first-order valence-electron chi connectivity index (χ1n) is 10.7. The summed E-state index contributed by atoms with van der Waals surface area (Å²) in [5.74, 6) is 1.30. The molecule has 0 unspecified atom stereocenters. The standard InChI is InChI=1S/C25H26Cl2N2O4S2/c1-18-8-11-24(33-2)23(14-18)29(35(31,32)20-6-4-3-5-7-20)16-25(30)28-12-13-34-17-19-9-10-21(26)22(27)15-19/h3-11,14-15H,12-13,16-17H2,1-2H3,(H,28,30). The molecule has 1 amide bonds. The fraction of sp³-hybridized carbons (Fsp3) is 0.240. The summed E-state index contributed by atoms with van der Waals surface area (Å²) in [6.45, 7) is 1.85. The Balaban J connectivity index is 1.69. The molecule has 0 spiro atoms. The van der Waals surface area contributed by atoms with Crippen LogP contribution in [-0.2, 0) is 20.6 Å². The number of sulfonamides is 1. The first-order chi connectivity index (χ1) is 16.7. The Kier molecular flexibility index (Phi) is 9.74. The van der Waals surface area contributed by atoms with E-state index >= 15 is 0 Å². The molecule has 1 N–H and O–H groups in total. The summed E-state index contributed by atoms with van der Waals surface area (Å²) in [6, 6.07) is 18.7. The van der Waals surface area contributed by atoms with Gasteiger partial charge in [-0.15, -0.1) is 0 Å². The number of halogens is 2. The maximum atomic E-state index is 13.5. The van der Waals surface area contributed by atoms with E-state index in [9.17, 15) is 13.2 Å². The van der Waals surface area contributed by atoms with Crippen molar-refractivity contribution in [3.05, 3.63) is 87.9 Å². The van der Waals surface area contributed by atoms with E-state index in [1.165, 1.54) is 19.2 Å². The van der Waals surface area contributed by atoms with Crippen LogP contribution in [0.5, 0.6) is 5.75 Å². The van der Waals surface area contributed by atoms with Crippen LogP contribution in [0.3, 0.4) is 0 Å². The van der Waals surface area contributed by atoms with Gasteiger partial charge in [0.1, 0.15) is 12.3 Å². The van der Waals surface area contributed by atoms with Gasteiger partial charge in [-0.3, -0.25) is 9.10 Å². The Labute approximate surface area is 220 Å². The number of aryl methyl sites for hydroxylation is 1. The molecule has 0 aliphatic heterocycles. The smallest absolute Gasteiger partial charge is 0.264 e. The lowest BCUT2D eigenvalue weighted by Gasteiger charge is -2.26. The fourth-order valence-corrected chi connectivity index (χ4v) is 5.85. The minimum Gasteiger partial charge on any atom is -0.495 e. The van der Waals surface area contributed by atoms with Crippen LogP contribution < -0.4 is 14.4 Å². The summed E-state index contributed by atoms with van der Waals surface area (Å²) in [5, 5.41) is 3.82. The number of methoxy groups -OCH3 is 1. The lowest BCUT2D eigenvalue weighted by molar-refractivity contribution is -0.119. The van der Waals surface area contributed by atoms with Crippen LogP contribution in [0.4, 0.5) is 5.69 Å². The van der Waals surface area contributed by atoms with Crippen LogP contribution in [0.15, 0.2) is 71.6 Å². The first kappa shape index (κ1) is 27.2. The summed E-state index contributed by atoms with van der Waals surface area (Å²) in [6.07, 6.45) is 0. The van der Waals surface area contributed by atoms with Gasteiger partial charge in [-0.25, -0.2) is 8.42 Å². The van der Waals surface area contributed by atoms with Crippen molar-refractivity contribution in [2.24, 2.45) is 0 Å². The molecule has 186 valence electrons. The second-order valence-corrected chi connectivity index (χ2v) is 11.4. The molecule has 0 saturated carbocycles. The zero-order valence-corrected chi connectivity index (χ0v) is 22.5. The van der Waals surface area contributed by atoms with Gasteiger partial charge in [0.05, 0.1) is 27.7 Å². The predicted octanol–water partition coefficient (Wildman–Crippen LogP) is 5.56. The number of hydrogen-bond acceptors (Lipinski definition) is 5. The number of ether oxygens (including phenoxy) is 1. The van der Waals surface area contributed by atoms with Crippen molar-refractivity contribution in [3.63, 3.8) is 0 Å². The highest BCUT2D eigenvalue weighted by Crippen LogP contribution is 2.33. The molecule has 0 aliphatic carbocycles. The van der Waals surface area contributed by atoms with Gasteiger partial charge >= 0.3 is 0 Å². The van der Waals surface area contributed by atoms with Crippen molar-refractivity contribution in [1.29, 1.82) is 0 Å². The van der Waals surface area contributed by atoms with Crippen molar-refractivity contribution < 1.29 is 17.9 Å². The van der Waals surface area contributed by atoms with Crippen LogP contribution in [0.2, 0.25) is 10.0 Å². The van der Waals surface area contributed by atoms with Gasteiger partial charge in [0.2, 0.25) is 5.91 Å². The number of anilines is 1. The van der Waals surface area contributed by atoms with Crippen LogP contribution in [0.25, 0.3) is 0 Å². The zero-order chi connectivity index (χ0) is 25.4. The third-order valence-corrected chi connectivity index (χ3v) is 8.59. The number of carbonyl (C=O) groups is 1. The SMILES string of the molecule is COc1ccc(C)cc1N(CC(=O)NCCSCc1ccc(Cl)c(Cl)c1)S(=O)(=O)c1ccccc1. The predicted molar refractivity (Wildman–Crippen MR) is 144 cm³/mol. The summed E-state index contributed by atoms with van der Waals surface area (Å²) < 4.78 is 33.5. The van der Waals surface area contributed by atoms with Gasteiger partial charge in [-0.2, -0.15) is 11.8 Å². The number of benzene rings is 3. The van der Waals surface area contributed by atoms with Crippen LogP contribution in [0, 0.1) is 6.92 Å². The second kappa shape index (κ2) is 12.5. The summed E-state index contributed by atoms with van der Waals surface area (Å²) in [4.78, 5) is 12.9. The number of carbonyl (C=O) groups excluding carboxylic acids is 1. The lowest BCUT2D eigenvalue weighted by atomic mass is 10.2. The number of amides is 1. The second-order valence-electron chi connectivity index (χ2n) is 7.65. The van der Waals surface area contributed by atoms with Gasteiger partial charge in [-0.05, 0) is 54.4 Å². The molecule has 0 aliphatic rings. The largest absolute Gasteiger partial charge is 0.495 e. The number of thioether (sulfide) groups is 1. The van der Waals surface area contributed by atoms with Crippen molar-refractivity contribution in [1.82, 2.24) is 5.32 Å². The molecule has 3 aromatic rings. The lowest BCUT2D eigenvalue weighted by Crippen LogP contribution is -2.41. The first-order valence-corrected chi connectivity index (χ1v) is 14.1. The maximum Gasteiger partial charge on any atom is 0.264 e. The van der Waals surface area contributed by atoms with E-state index in [0.717, 1.165) is 15.4 Å². The average Bonchev–Trinajstić information content (AvgIpc) is 2.85. The van der Waals surface area contributed by atoms with Gasteiger partial charge in [0.15, 0.2) is 0 Å². The number of hydrogen-bond donors (Lipinski definition) is 1. The molecule has 10 heteroatoms. The van der Waals surface area contributed by atoms with Gasteiger partial charge in [0, 0.05) is 18.1 Å². The normalized spacial score (nSPS) is 11.2. The summed E-state index contributed by atoms with van der Waals surface area (Å²) in [7, 11) is -2.55. The highest BCUT2D eigenvalue weighted by Gasteiger charge is 2.29. The fourth-order valence-electron chi connectivity index (χ4n) is 3.28. The third-order valence-electron chi connectivity index (χ3n) is 5.04. The summed E-state index contributed by atoms with van der Waals surface area (Å²) in [5.41, 5.74) is 2.18. The van der Waals surface area contributed by atoms with Crippen LogP contribution in [0.1, 0.15) is 11.1 Å². The van der Waals surface area contributed by atoms with Gasteiger partial charge < -0.3 is 10.1 Å². The third kappa shape index (κ3) is 7.30. The molecular formula is C25H26Cl2N2O4S2. The highest BCUT2D eigenvalue weighted by molar-refractivity contribution is 7.98. The van der Waals surface area contributed by atoms with E-state index in [1.807, 2.05) is 25.1 Å². The molecule has 0 saturated heterocycles. The number of nitrogens with zero attached hydrogens (tertiary/aromatic N) is 1. The Bertz CT molecular complexity index is 1270. The molecule has 3 rings (SSSR count). The Morgan fingerprint density at radius 2 is 1.77 bits per heavy atom.